The molecule has 0 saturated heterocycles. The van der Waals surface area contributed by atoms with E-state index < -0.39 is 0 Å². The van der Waals surface area contributed by atoms with Crippen LogP contribution in [0.4, 0.5) is 0 Å². The zero-order chi connectivity index (χ0) is 14.7. The van der Waals surface area contributed by atoms with Crippen LogP contribution in [0.5, 0.6) is 11.5 Å². The molecule has 0 saturated carbocycles. The summed E-state index contributed by atoms with van der Waals surface area (Å²) in [6.45, 7) is 3.85. The third-order valence-electron chi connectivity index (χ3n) is 3.90. The van der Waals surface area contributed by atoms with Crippen LogP contribution < -0.4 is 14.8 Å². The normalized spacial score (nSPS) is 14.4. The molecule has 1 N–H and O–H groups in total. The first-order valence-corrected chi connectivity index (χ1v) is 7.44. The summed E-state index contributed by atoms with van der Waals surface area (Å²) in [6, 6.07) is 15.0. The molecule has 110 valence electrons. The molecule has 2 aromatic rings. The van der Waals surface area contributed by atoms with Crippen LogP contribution in [0.15, 0.2) is 42.5 Å². The third kappa shape index (κ3) is 2.88. The molecular formula is C18H21NO2. The van der Waals surface area contributed by atoms with Gasteiger partial charge in [-0.25, -0.2) is 0 Å². The van der Waals surface area contributed by atoms with Gasteiger partial charge in [0.15, 0.2) is 0 Å². The fourth-order valence-corrected chi connectivity index (χ4v) is 2.81. The Labute approximate surface area is 125 Å². The smallest absolute Gasteiger partial charge is 0.122 e. The molecule has 2 aromatic carbocycles. The van der Waals surface area contributed by atoms with E-state index in [1.54, 1.807) is 7.11 Å². The van der Waals surface area contributed by atoms with Crippen molar-refractivity contribution < 1.29 is 9.47 Å². The van der Waals surface area contributed by atoms with Crippen LogP contribution in [0.3, 0.4) is 0 Å². The molecule has 3 rings (SSSR count). The Kier molecular flexibility index (Phi) is 4.11. The van der Waals surface area contributed by atoms with Crippen molar-refractivity contribution in [2.45, 2.75) is 19.4 Å². The fourth-order valence-electron chi connectivity index (χ4n) is 2.81. The number of rotatable bonds is 5. The van der Waals surface area contributed by atoms with E-state index in [4.69, 9.17) is 9.47 Å². The Morgan fingerprint density at radius 3 is 2.62 bits per heavy atom. The van der Waals surface area contributed by atoms with Gasteiger partial charge in [0.25, 0.3) is 0 Å². The van der Waals surface area contributed by atoms with Crippen molar-refractivity contribution in [2.75, 3.05) is 20.3 Å². The first-order chi connectivity index (χ1) is 10.3. The highest BCUT2D eigenvalue weighted by Crippen LogP contribution is 2.31. The van der Waals surface area contributed by atoms with Gasteiger partial charge < -0.3 is 14.8 Å². The zero-order valence-electron chi connectivity index (χ0n) is 12.6. The molecule has 1 aliphatic heterocycles. The van der Waals surface area contributed by atoms with Gasteiger partial charge in [-0.05, 0) is 41.4 Å². The van der Waals surface area contributed by atoms with E-state index in [-0.39, 0.29) is 6.04 Å². The Hall–Kier alpha value is -2.00. The van der Waals surface area contributed by atoms with Crippen molar-refractivity contribution in [1.29, 1.82) is 0 Å². The van der Waals surface area contributed by atoms with E-state index in [0.29, 0.717) is 0 Å². The second-order valence-corrected chi connectivity index (χ2v) is 5.23. The molecule has 0 aliphatic carbocycles. The van der Waals surface area contributed by atoms with E-state index in [0.717, 1.165) is 31.1 Å². The standard InChI is InChI=1S/C18H21NO2/c1-3-19-18(13-4-7-16(20-2)8-5-13)15-6-9-17-14(12-15)10-11-21-17/h4-9,12,18-19H,3,10-11H2,1-2H3. The molecule has 21 heavy (non-hydrogen) atoms. The van der Waals surface area contributed by atoms with Crippen molar-refractivity contribution in [3.05, 3.63) is 59.2 Å². The topological polar surface area (TPSA) is 30.5 Å². The summed E-state index contributed by atoms with van der Waals surface area (Å²) in [4.78, 5) is 0. The van der Waals surface area contributed by atoms with Gasteiger partial charge in [-0.15, -0.1) is 0 Å². The highest BCUT2D eigenvalue weighted by molar-refractivity contribution is 5.44. The lowest BCUT2D eigenvalue weighted by molar-refractivity contribution is 0.357. The minimum atomic E-state index is 0.201. The Bertz CT molecular complexity index is 607. The molecule has 3 heteroatoms. The first-order valence-electron chi connectivity index (χ1n) is 7.44. The van der Waals surface area contributed by atoms with Crippen LogP contribution in [0.1, 0.15) is 29.7 Å². The van der Waals surface area contributed by atoms with Gasteiger partial charge in [0, 0.05) is 6.42 Å². The molecule has 1 heterocycles. The summed E-state index contributed by atoms with van der Waals surface area (Å²) in [5.74, 6) is 1.92. The van der Waals surface area contributed by atoms with Gasteiger partial charge in [0.2, 0.25) is 0 Å². The average molecular weight is 283 g/mol. The fraction of sp³-hybridized carbons (Fsp3) is 0.333. The van der Waals surface area contributed by atoms with Crippen LogP contribution in [0.25, 0.3) is 0 Å². The lowest BCUT2D eigenvalue weighted by atomic mass is 9.96. The summed E-state index contributed by atoms with van der Waals surface area (Å²) in [7, 11) is 1.69. The Morgan fingerprint density at radius 2 is 1.90 bits per heavy atom. The molecule has 0 spiro atoms. The van der Waals surface area contributed by atoms with Crippen LogP contribution in [0.2, 0.25) is 0 Å². The average Bonchev–Trinajstić information content (AvgIpc) is 3.00. The summed E-state index contributed by atoms with van der Waals surface area (Å²) >= 11 is 0. The van der Waals surface area contributed by atoms with Crippen molar-refractivity contribution in [3.8, 4) is 11.5 Å². The summed E-state index contributed by atoms with van der Waals surface area (Å²) < 4.78 is 10.8. The summed E-state index contributed by atoms with van der Waals surface area (Å²) in [5, 5.41) is 3.56. The molecule has 1 unspecified atom stereocenters. The van der Waals surface area contributed by atoms with Crippen LogP contribution in [-0.4, -0.2) is 20.3 Å². The summed E-state index contributed by atoms with van der Waals surface area (Å²) in [5.41, 5.74) is 3.84. The monoisotopic (exact) mass is 283 g/mol. The van der Waals surface area contributed by atoms with Gasteiger partial charge in [0.1, 0.15) is 11.5 Å². The van der Waals surface area contributed by atoms with E-state index in [9.17, 15) is 0 Å². The molecule has 0 bridgehead atoms. The molecular weight excluding hydrogens is 262 g/mol. The van der Waals surface area contributed by atoms with E-state index in [2.05, 4.69) is 42.6 Å². The van der Waals surface area contributed by atoms with Crippen LogP contribution in [-0.2, 0) is 6.42 Å². The SMILES string of the molecule is CCNC(c1ccc(OC)cc1)c1ccc2c(c1)CCO2. The maximum atomic E-state index is 5.59. The predicted octanol–water partition coefficient (Wildman–Crippen LogP) is 3.33. The maximum Gasteiger partial charge on any atom is 0.122 e. The Morgan fingerprint density at radius 1 is 1.14 bits per heavy atom. The number of methoxy groups -OCH3 is 1. The molecule has 0 fully saturated rings. The molecule has 0 radical (unpaired) electrons. The molecule has 1 atom stereocenters. The zero-order valence-corrected chi connectivity index (χ0v) is 12.6. The number of hydrogen-bond donors (Lipinski definition) is 1. The number of hydrogen-bond acceptors (Lipinski definition) is 3. The quantitative estimate of drug-likeness (QED) is 0.913. The van der Waals surface area contributed by atoms with E-state index in [1.165, 1.54) is 16.7 Å². The minimum absolute atomic E-state index is 0.201. The highest BCUT2D eigenvalue weighted by Gasteiger charge is 2.17. The van der Waals surface area contributed by atoms with E-state index in [1.807, 2.05) is 12.1 Å². The van der Waals surface area contributed by atoms with Crippen molar-refractivity contribution in [2.24, 2.45) is 0 Å². The van der Waals surface area contributed by atoms with Gasteiger partial charge in [-0.3, -0.25) is 0 Å². The number of benzene rings is 2. The molecule has 0 aromatic heterocycles. The van der Waals surface area contributed by atoms with Crippen molar-refractivity contribution in [3.63, 3.8) is 0 Å². The second kappa shape index (κ2) is 6.19. The lowest BCUT2D eigenvalue weighted by Gasteiger charge is -2.20. The van der Waals surface area contributed by atoms with Crippen molar-refractivity contribution >= 4 is 0 Å². The van der Waals surface area contributed by atoms with Crippen LogP contribution >= 0.6 is 0 Å². The summed E-state index contributed by atoms with van der Waals surface area (Å²) in [6.07, 6.45) is 1.00. The van der Waals surface area contributed by atoms with Gasteiger partial charge >= 0.3 is 0 Å². The largest absolute Gasteiger partial charge is 0.497 e. The number of nitrogens with one attached hydrogen (secondary N) is 1. The molecule has 3 nitrogen and oxygen atoms in total. The van der Waals surface area contributed by atoms with E-state index >= 15 is 0 Å². The van der Waals surface area contributed by atoms with Gasteiger partial charge in [-0.1, -0.05) is 31.2 Å². The molecule has 1 aliphatic rings. The second-order valence-electron chi connectivity index (χ2n) is 5.23. The third-order valence-corrected chi connectivity index (χ3v) is 3.90. The van der Waals surface area contributed by atoms with Gasteiger partial charge in [-0.2, -0.15) is 0 Å². The van der Waals surface area contributed by atoms with Crippen molar-refractivity contribution in [1.82, 2.24) is 5.32 Å². The predicted molar refractivity (Wildman–Crippen MR) is 84.2 cm³/mol. The Balaban J connectivity index is 1.93. The van der Waals surface area contributed by atoms with Gasteiger partial charge in [0.05, 0.1) is 19.8 Å². The maximum absolute atomic E-state index is 5.59. The first kappa shape index (κ1) is 14.0. The minimum Gasteiger partial charge on any atom is -0.497 e. The highest BCUT2D eigenvalue weighted by atomic mass is 16.5. The lowest BCUT2D eigenvalue weighted by Crippen LogP contribution is -2.22. The molecule has 0 amide bonds. The number of ether oxygens (including phenoxy) is 2. The van der Waals surface area contributed by atoms with Crippen LogP contribution in [0, 0.1) is 0 Å². The number of fused-ring (bicyclic) bond motifs is 1.